The predicted molar refractivity (Wildman–Crippen MR) is 53.4 cm³/mol. The maximum Gasteiger partial charge on any atom is 0.123 e. The zero-order chi connectivity index (χ0) is 10.2. The first-order valence-corrected chi connectivity index (χ1v) is 4.88. The number of benzene rings is 1. The molecule has 4 heteroatoms. The highest BCUT2D eigenvalue weighted by Gasteiger charge is 1.94. The van der Waals surface area contributed by atoms with Crippen molar-refractivity contribution in [3.63, 3.8) is 0 Å². The van der Waals surface area contributed by atoms with Gasteiger partial charge in [-0.15, -0.1) is 11.6 Å². The van der Waals surface area contributed by atoms with Crippen molar-refractivity contribution in [2.45, 2.75) is 0 Å². The summed E-state index contributed by atoms with van der Waals surface area (Å²) in [5, 5.41) is 0. The van der Waals surface area contributed by atoms with Crippen LogP contribution in [0.3, 0.4) is 0 Å². The van der Waals surface area contributed by atoms with E-state index in [1.807, 2.05) is 0 Å². The number of alkyl halides is 1. The molecule has 1 rings (SSSR count). The van der Waals surface area contributed by atoms with E-state index in [4.69, 9.17) is 21.1 Å². The van der Waals surface area contributed by atoms with Gasteiger partial charge in [0, 0.05) is 5.88 Å². The Morgan fingerprint density at radius 2 is 1.79 bits per heavy atom. The van der Waals surface area contributed by atoms with Crippen LogP contribution >= 0.6 is 11.6 Å². The van der Waals surface area contributed by atoms with E-state index in [2.05, 4.69) is 0 Å². The maximum absolute atomic E-state index is 12.5. The van der Waals surface area contributed by atoms with Crippen LogP contribution < -0.4 is 4.74 Å². The summed E-state index contributed by atoms with van der Waals surface area (Å²) >= 11 is 5.41. The highest BCUT2D eigenvalue weighted by atomic mass is 35.5. The fourth-order valence-electron chi connectivity index (χ4n) is 0.906. The van der Waals surface area contributed by atoms with E-state index in [0.717, 1.165) is 0 Å². The first kappa shape index (κ1) is 11.3. The molecule has 0 unspecified atom stereocenters. The Hall–Kier alpha value is -0.800. The summed E-state index contributed by atoms with van der Waals surface area (Å²) < 4.78 is 22.9. The van der Waals surface area contributed by atoms with Gasteiger partial charge in [-0.2, -0.15) is 0 Å². The second-order valence-corrected chi connectivity index (χ2v) is 2.98. The molecule has 0 bridgehead atoms. The average Bonchev–Trinajstić information content (AvgIpc) is 2.21. The predicted octanol–water partition coefficient (Wildman–Crippen LogP) is 2.46. The minimum Gasteiger partial charge on any atom is -0.491 e. The van der Waals surface area contributed by atoms with Gasteiger partial charge in [-0.25, -0.2) is 4.39 Å². The van der Waals surface area contributed by atoms with Crippen LogP contribution in [-0.2, 0) is 4.74 Å². The lowest BCUT2D eigenvalue weighted by atomic mass is 10.3. The SMILES string of the molecule is [18F]c1ccc(OCCOCCCl)cc1. The van der Waals surface area contributed by atoms with Gasteiger partial charge in [0.25, 0.3) is 0 Å². The molecule has 2 nitrogen and oxygen atoms in total. The molecule has 0 aliphatic heterocycles. The van der Waals surface area contributed by atoms with E-state index in [9.17, 15) is 4.39 Å². The molecule has 14 heavy (non-hydrogen) atoms. The zero-order valence-electron chi connectivity index (χ0n) is 7.71. The van der Waals surface area contributed by atoms with Crippen LogP contribution in [0, 0.1) is 5.82 Å². The van der Waals surface area contributed by atoms with Gasteiger partial charge in [0.1, 0.15) is 18.2 Å². The fourth-order valence-corrected chi connectivity index (χ4v) is 1.01. The van der Waals surface area contributed by atoms with Crippen molar-refractivity contribution in [3.8, 4) is 5.75 Å². The lowest BCUT2D eigenvalue weighted by Gasteiger charge is -2.05. The van der Waals surface area contributed by atoms with Crippen LogP contribution in [0.5, 0.6) is 5.75 Å². The van der Waals surface area contributed by atoms with Crippen molar-refractivity contribution < 1.29 is 13.9 Å². The second kappa shape index (κ2) is 6.62. The quantitative estimate of drug-likeness (QED) is 0.538. The van der Waals surface area contributed by atoms with Crippen LogP contribution in [-0.4, -0.2) is 25.7 Å². The van der Waals surface area contributed by atoms with E-state index < -0.39 is 0 Å². The van der Waals surface area contributed by atoms with Crippen LogP contribution in [0.4, 0.5) is 4.39 Å². The Balaban J connectivity index is 2.15. The molecule has 0 heterocycles. The third kappa shape index (κ3) is 4.44. The standard InChI is InChI=1S/C10H12ClFO2/c11-5-6-13-7-8-14-10-3-1-9(12)2-4-10/h1-4H,5-8H2/i12-1. The lowest BCUT2D eigenvalue weighted by molar-refractivity contribution is 0.111. The molecule has 0 saturated carbocycles. The Bertz CT molecular complexity index is 251. The summed E-state index contributed by atoms with van der Waals surface area (Å²) in [7, 11) is 0. The Labute approximate surface area is 87.6 Å². The van der Waals surface area contributed by atoms with E-state index in [1.54, 1.807) is 12.1 Å². The van der Waals surface area contributed by atoms with E-state index in [-0.39, 0.29) is 5.82 Å². The molecule has 0 saturated heterocycles. The summed E-state index contributed by atoms with van der Waals surface area (Å²) in [6.45, 7) is 1.46. The molecular weight excluding hydrogens is 206 g/mol. The van der Waals surface area contributed by atoms with Gasteiger partial charge in [0.05, 0.1) is 13.2 Å². The Morgan fingerprint density at radius 3 is 2.43 bits per heavy atom. The van der Waals surface area contributed by atoms with Crippen molar-refractivity contribution >= 4 is 11.6 Å². The molecule has 0 fully saturated rings. The van der Waals surface area contributed by atoms with Gasteiger partial charge in [0.15, 0.2) is 0 Å². The molecule has 78 valence electrons. The third-order valence-corrected chi connectivity index (χ3v) is 1.69. The number of rotatable bonds is 6. The summed E-state index contributed by atoms with van der Waals surface area (Å²) in [4.78, 5) is 0. The molecule has 0 aromatic heterocycles. The summed E-state index contributed by atoms with van der Waals surface area (Å²) in [5.74, 6) is 0.855. The largest absolute Gasteiger partial charge is 0.491 e. The van der Waals surface area contributed by atoms with E-state index >= 15 is 0 Å². The fraction of sp³-hybridized carbons (Fsp3) is 0.400. The van der Waals surface area contributed by atoms with Crippen molar-refractivity contribution in [2.75, 3.05) is 25.7 Å². The van der Waals surface area contributed by atoms with Gasteiger partial charge in [-0.05, 0) is 24.3 Å². The van der Waals surface area contributed by atoms with Gasteiger partial charge in [-0.3, -0.25) is 0 Å². The minimum atomic E-state index is -0.268. The van der Waals surface area contributed by atoms with Crippen molar-refractivity contribution in [1.82, 2.24) is 0 Å². The topological polar surface area (TPSA) is 18.5 Å². The third-order valence-electron chi connectivity index (χ3n) is 1.53. The first-order chi connectivity index (χ1) is 6.83. The summed E-state index contributed by atoms with van der Waals surface area (Å²) in [5.41, 5.74) is 0. The van der Waals surface area contributed by atoms with Crippen LogP contribution in [0.2, 0.25) is 0 Å². The van der Waals surface area contributed by atoms with Crippen molar-refractivity contribution in [3.05, 3.63) is 30.1 Å². The Kier molecular flexibility index (Phi) is 5.33. The number of hydrogen-bond acceptors (Lipinski definition) is 2. The number of halogens is 2. The first-order valence-electron chi connectivity index (χ1n) is 4.35. The molecule has 1 aromatic rings. The summed E-state index contributed by atoms with van der Waals surface area (Å²) in [6, 6.07) is 5.87. The van der Waals surface area contributed by atoms with Gasteiger partial charge < -0.3 is 9.47 Å². The molecule has 0 radical (unpaired) electrons. The highest BCUT2D eigenvalue weighted by Crippen LogP contribution is 2.10. The summed E-state index contributed by atoms with van der Waals surface area (Å²) in [6.07, 6.45) is 0. The normalized spacial score (nSPS) is 10.1. The van der Waals surface area contributed by atoms with Crippen LogP contribution in [0.1, 0.15) is 0 Å². The molecule has 0 aliphatic rings. The van der Waals surface area contributed by atoms with Crippen LogP contribution in [0.25, 0.3) is 0 Å². The molecule has 0 spiro atoms. The number of hydrogen-bond donors (Lipinski definition) is 0. The maximum atomic E-state index is 12.5. The van der Waals surface area contributed by atoms with Crippen molar-refractivity contribution in [1.29, 1.82) is 0 Å². The molecule has 0 N–H and O–H groups in total. The molecule has 0 amide bonds. The second-order valence-electron chi connectivity index (χ2n) is 2.60. The van der Waals surface area contributed by atoms with E-state index in [1.165, 1.54) is 12.1 Å². The monoisotopic (exact) mass is 217 g/mol. The lowest BCUT2D eigenvalue weighted by Crippen LogP contribution is -2.07. The molecule has 0 aliphatic carbocycles. The van der Waals surface area contributed by atoms with Crippen LogP contribution in [0.15, 0.2) is 24.3 Å². The minimum absolute atomic E-state index is 0.268. The van der Waals surface area contributed by atoms with E-state index in [0.29, 0.717) is 31.5 Å². The number of ether oxygens (including phenoxy) is 2. The Morgan fingerprint density at radius 1 is 1.07 bits per heavy atom. The highest BCUT2D eigenvalue weighted by molar-refractivity contribution is 6.17. The molecule has 1 aromatic carbocycles. The van der Waals surface area contributed by atoms with Gasteiger partial charge in [0.2, 0.25) is 0 Å². The molecular formula is C10H12ClFO2. The molecule has 0 atom stereocenters. The van der Waals surface area contributed by atoms with Gasteiger partial charge in [-0.1, -0.05) is 0 Å². The average molecular weight is 218 g/mol. The van der Waals surface area contributed by atoms with Gasteiger partial charge >= 0.3 is 0 Å². The smallest absolute Gasteiger partial charge is 0.123 e. The van der Waals surface area contributed by atoms with Crippen molar-refractivity contribution in [2.24, 2.45) is 0 Å². The zero-order valence-corrected chi connectivity index (χ0v) is 8.47.